The van der Waals surface area contributed by atoms with Crippen molar-refractivity contribution in [1.82, 2.24) is 0 Å². The molecule has 0 aromatic heterocycles. The van der Waals surface area contributed by atoms with Gasteiger partial charge in [-0.2, -0.15) is 0 Å². The monoisotopic (exact) mass is 376 g/mol. The van der Waals surface area contributed by atoms with Crippen molar-refractivity contribution in [3.8, 4) is 5.75 Å². The molecular formula is C19H21FN2O3S. The van der Waals surface area contributed by atoms with E-state index in [-0.39, 0.29) is 23.4 Å². The first-order valence-electron chi connectivity index (χ1n) is 8.01. The van der Waals surface area contributed by atoms with Gasteiger partial charge in [-0.25, -0.2) is 4.39 Å². The van der Waals surface area contributed by atoms with E-state index in [4.69, 9.17) is 4.74 Å². The summed E-state index contributed by atoms with van der Waals surface area (Å²) >= 11 is 1.21. The summed E-state index contributed by atoms with van der Waals surface area (Å²) < 4.78 is 18.1. The number of aryl methyl sites for hydroxylation is 1. The quantitative estimate of drug-likeness (QED) is 0.770. The third-order valence-corrected chi connectivity index (χ3v) is 4.72. The van der Waals surface area contributed by atoms with E-state index in [2.05, 4.69) is 10.6 Å². The van der Waals surface area contributed by atoms with Crippen molar-refractivity contribution in [3.63, 3.8) is 0 Å². The van der Waals surface area contributed by atoms with Crippen LogP contribution in [-0.2, 0) is 9.59 Å². The Morgan fingerprint density at radius 1 is 1.15 bits per heavy atom. The predicted molar refractivity (Wildman–Crippen MR) is 103 cm³/mol. The summed E-state index contributed by atoms with van der Waals surface area (Å²) in [5, 5.41) is 5.05. The molecule has 0 saturated carbocycles. The lowest BCUT2D eigenvalue weighted by molar-refractivity contribution is -0.115. The van der Waals surface area contributed by atoms with Gasteiger partial charge in [-0.3, -0.25) is 9.59 Å². The highest BCUT2D eigenvalue weighted by Crippen LogP contribution is 2.26. The minimum atomic E-state index is -0.431. The minimum absolute atomic E-state index is 0.108. The number of anilines is 2. The van der Waals surface area contributed by atoms with Gasteiger partial charge >= 0.3 is 0 Å². The second-order valence-electron chi connectivity index (χ2n) is 5.70. The van der Waals surface area contributed by atoms with E-state index >= 15 is 0 Å². The third-order valence-electron chi connectivity index (χ3n) is 3.57. The molecule has 0 aliphatic rings. The molecule has 0 heterocycles. The van der Waals surface area contributed by atoms with Crippen LogP contribution in [0, 0.1) is 12.7 Å². The Morgan fingerprint density at radius 3 is 2.50 bits per heavy atom. The average Bonchev–Trinajstić information content (AvgIpc) is 2.61. The number of rotatable bonds is 7. The summed E-state index contributed by atoms with van der Waals surface area (Å²) in [6.45, 7) is 3.65. The van der Waals surface area contributed by atoms with Crippen molar-refractivity contribution in [1.29, 1.82) is 0 Å². The molecule has 1 unspecified atom stereocenters. The lowest BCUT2D eigenvalue weighted by Crippen LogP contribution is -2.25. The maximum Gasteiger partial charge on any atom is 0.237 e. The van der Waals surface area contributed by atoms with Gasteiger partial charge < -0.3 is 15.4 Å². The van der Waals surface area contributed by atoms with Gasteiger partial charge in [-0.15, -0.1) is 11.8 Å². The number of ether oxygens (including phenoxy) is 1. The molecule has 7 heteroatoms. The van der Waals surface area contributed by atoms with Crippen LogP contribution in [0.5, 0.6) is 5.75 Å². The van der Waals surface area contributed by atoms with Gasteiger partial charge in [0.25, 0.3) is 0 Å². The van der Waals surface area contributed by atoms with Crippen LogP contribution < -0.4 is 15.4 Å². The van der Waals surface area contributed by atoms with Gasteiger partial charge in [0.2, 0.25) is 11.8 Å². The third kappa shape index (κ3) is 5.77. The molecule has 5 nitrogen and oxygen atoms in total. The molecule has 26 heavy (non-hydrogen) atoms. The molecule has 0 aliphatic carbocycles. The average molecular weight is 376 g/mol. The van der Waals surface area contributed by atoms with Gasteiger partial charge in [-0.1, -0.05) is 6.07 Å². The second-order valence-corrected chi connectivity index (χ2v) is 7.03. The first-order chi connectivity index (χ1) is 12.4. The van der Waals surface area contributed by atoms with E-state index in [9.17, 15) is 14.0 Å². The van der Waals surface area contributed by atoms with E-state index in [1.54, 1.807) is 13.0 Å². The van der Waals surface area contributed by atoms with Crippen LogP contribution in [0.15, 0.2) is 42.5 Å². The lowest BCUT2D eigenvalue weighted by Gasteiger charge is -2.14. The first kappa shape index (κ1) is 19.8. The fraction of sp³-hybridized carbons (Fsp3) is 0.263. The van der Waals surface area contributed by atoms with Gasteiger partial charge in [-0.05, 0) is 55.8 Å². The summed E-state index contributed by atoms with van der Waals surface area (Å²) in [6, 6.07) is 11.0. The standard InChI is InChI=1S/C19H21FN2O3S/c1-12-4-9-17(25-3)16(10-12)22-19(24)13(2)26-11-18(23)21-15-7-5-14(20)6-8-15/h4-10,13H,11H2,1-3H3,(H,21,23)(H,22,24). The topological polar surface area (TPSA) is 67.4 Å². The molecule has 0 saturated heterocycles. The Labute approximate surface area is 156 Å². The van der Waals surface area contributed by atoms with Crippen LogP contribution in [0.25, 0.3) is 0 Å². The smallest absolute Gasteiger partial charge is 0.237 e. The molecule has 1 atom stereocenters. The SMILES string of the molecule is COc1ccc(C)cc1NC(=O)C(C)SCC(=O)Nc1ccc(F)cc1. The Morgan fingerprint density at radius 2 is 1.85 bits per heavy atom. The van der Waals surface area contributed by atoms with E-state index in [1.807, 2.05) is 19.1 Å². The van der Waals surface area contributed by atoms with Gasteiger partial charge in [0.15, 0.2) is 0 Å². The van der Waals surface area contributed by atoms with Gasteiger partial charge in [0.05, 0.1) is 23.8 Å². The Hall–Kier alpha value is -2.54. The highest BCUT2D eigenvalue weighted by atomic mass is 32.2. The van der Waals surface area contributed by atoms with Gasteiger partial charge in [0.1, 0.15) is 11.6 Å². The number of hydrogen-bond donors (Lipinski definition) is 2. The molecule has 2 N–H and O–H groups in total. The van der Waals surface area contributed by atoms with Crippen molar-refractivity contribution in [3.05, 3.63) is 53.8 Å². The van der Waals surface area contributed by atoms with E-state index in [0.29, 0.717) is 17.1 Å². The molecular weight excluding hydrogens is 355 g/mol. The number of methoxy groups -OCH3 is 1. The van der Waals surface area contributed by atoms with Crippen molar-refractivity contribution in [2.45, 2.75) is 19.1 Å². The number of carbonyl (C=O) groups excluding carboxylic acids is 2. The summed E-state index contributed by atoms with van der Waals surface area (Å²) in [7, 11) is 1.54. The highest BCUT2D eigenvalue weighted by Gasteiger charge is 2.17. The zero-order valence-corrected chi connectivity index (χ0v) is 15.7. The second kappa shape index (κ2) is 9.24. The largest absolute Gasteiger partial charge is 0.495 e. The molecule has 2 aromatic rings. The van der Waals surface area contributed by atoms with Crippen molar-refractivity contribution < 1.29 is 18.7 Å². The Kier molecular flexibility index (Phi) is 7.03. The molecule has 0 spiro atoms. The zero-order valence-electron chi connectivity index (χ0n) is 14.8. The predicted octanol–water partition coefficient (Wildman–Crippen LogP) is 3.84. The van der Waals surface area contributed by atoms with Crippen LogP contribution in [0.4, 0.5) is 15.8 Å². The fourth-order valence-electron chi connectivity index (χ4n) is 2.16. The summed E-state index contributed by atoms with van der Waals surface area (Å²) in [5.41, 5.74) is 2.11. The number of benzene rings is 2. The number of halogens is 1. The summed E-state index contributed by atoms with van der Waals surface area (Å²) in [4.78, 5) is 24.3. The highest BCUT2D eigenvalue weighted by molar-refractivity contribution is 8.01. The molecule has 0 bridgehead atoms. The van der Waals surface area contributed by atoms with E-state index in [0.717, 1.165) is 5.56 Å². The van der Waals surface area contributed by atoms with Crippen molar-refractivity contribution >= 4 is 35.0 Å². The zero-order chi connectivity index (χ0) is 19.1. The summed E-state index contributed by atoms with van der Waals surface area (Å²) in [6.07, 6.45) is 0. The van der Waals surface area contributed by atoms with Crippen molar-refractivity contribution in [2.24, 2.45) is 0 Å². The number of hydrogen-bond acceptors (Lipinski definition) is 4. The van der Waals surface area contributed by atoms with Crippen LogP contribution in [0.2, 0.25) is 0 Å². The molecule has 0 radical (unpaired) electrons. The maximum absolute atomic E-state index is 12.9. The first-order valence-corrected chi connectivity index (χ1v) is 9.06. The molecule has 0 aliphatic heterocycles. The fourth-order valence-corrected chi connectivity index (χ4v) is 2.84. The van der Waals surface area contributed by atoms with Crippen LogP contribution >= 0.6 is 11.8 Å². The minimum Gasteiger partial charge on any atom is -0.495 e. The maximum atomic E-state index is 12.9. The Balaban J connectivity index is 1.86. The number of carbonyl (C=O) groups is 2. The van der Waals surface area contributed by atoms with Crippen LogP contribution in [0.1, 0.15) is 12.5 Å². The number of thioether (sulfide) groups is 1. The van der Waals surface area contributed by atoms with Crippen LogP contribution in [0.3, 0.4) is 0 Å². The van der Waals surface area contributed by atoms with Crippen LogP contribution in [-0.4, -0.2) is 29.9 Å². The molecule has 2 aromatic carbocycles. The Bertz CT molecular complexity index is 781. The van der Waals surface area contributed by atoms with Gasteiger partial charge in [0, 0.05) is 5.69 Å². The normalized spacial score (nSPS) is 11.5. The van der Waals surface area contributed by atoms with E-state index < -0.39 is 5.25 Å². The van der Waals surface area contributed by atoms with Crippen molar-refractivity contribution in [2.75, 3.05) is 23.5 Å². The summed E-state index contributed by atoms with van der Waals surface area (Å²) in [5.74, 6) is -0.149. The lowest BCUT2D eigenvalue weighted by atomic mass is 10.2. The number of amides is 2. The van der Waals surface area contributed by atoms with E-state index in [1.165, 1.54) is 43.1 Å². The molecule has 2 rings (SSSR count). The molecule has 2 amide bonds. The molecule has 0 fully saturated rings. The number of nitrogens with one attached hydrogen (secondary N) is 2. The molecule has 138 valence electrons.